The largest absolute Gasteiger partial charge is 0.416 e. The maximum absolute atomic E-state index is 13.3. The number of alkyl halides is 6. The molecule has 2 fully saturated rings. The molecule has 38 heavy (non-hydrogen) atoms. The number of hydrogen-bond acceptors (Lipinski definition) is 4. The zero-order valence-electron chi connectivity index (χ0n) is 19.9. The van der Waals surface area contributed by atoms with Gasteiger partial charge in [0, 0.05) is 10.9 Å². The molecule has 2 saturated heterocycles. The molecule has 1 amide bonds. The molecule has 4 nitrogen and oxygen atoms in total. The summed E-state index contributed by atoms with van der Waals surface area (Å²) < 4.78 is 85.8. The van der Waals surface area contributed by atoms with Gasteiger partial charge in [-0.25, -0.2) is 0 Å². The molecule has 5 rings (SSSR count). The van der Waals surface area contributed by atoms with Crippen molar-refractivity contribution >= 4 is 17.2 Å². The Morgan fingerprint density at radius 1 is 1.00 bits per heavy atom. The summed E-state index contributed by atoms with van der Waals surface area (Å²) in [5, 5.41) is 8.39. The van der Waals surface area contributed by atoms with Gasteiger partial charge in [0.25, 0.3) is 0 Å². The third-order valence-corrected chi connectivity index (χ3v) is 8.11. The molecular formula is C27H24F6N2O2S. The van der Waals surface area contributed by atoms with Gasteiger partial charge in [0.05, 0.1) is 41.8 Å². The van der Waals surface area contributed by atoms with E-state index in [0.29, 0.717) is 31.5 Å². The molecule has 1 aromatic heterocycles. The predicted octanol–water partition coefficient (Wildman–Crippen LogP) is 6.26. The van der Waals surface area contributed by atoms with E-state index < -0.39 is 41.7 Å². The topological polar surface area (TPSA) is 50.4 Å². The minimum atomic E-state index is -4.93. The summed E-state index contributed by atoms with van der Waals surface area (Å²) in [6, 6.07) is 14.3. The first kappa shape index (κ1) is 26.7. The summed E-state index contributed by atoms with van der Waals surface area (Å²) in [4.78, 5) is 14.1. The minimum Gasteiger partial charge on any atom is -0.371 e. The molecule has 2 aliphatic rings. The van der Waals surface area contributed by atoms with Crippen LogP contribution in [0.1, 0.15) is 40.0 Å². The molecular weight excluding hydrogens is 530 g/mol. The highest BCUT2D eigenvalue weighted by Gasteiger charge is 2.59. The number of fused-ring (bicyclic) bond motifs is 2. The van der Waals surface area contributed by atoms with Crippen LogP contribution < -0.4 is 10.6 Å². The molecule has 4 unspecified atom stereocenters. The van der Waals surface area contributed by atoms with E-state index in [1.165, 1.54) is 11.3 Å². The van der Waals surface area contributed by atoms with Crippen molar-refractivity contribution in [3.63, 3.8) is 0 Å². The average molecular weight is 555 g/mol. The lowest BCUT2D eigenvalue weighted by molar-refractivity contribution is -0.143. The zero-order valence-corrected chi connectivity index (χ0v) is 20.7. The first-order valence-electron chi connectivity index (χ1n) is 12.0. The molecule has 3 heterocycles. The van der Waals surface area contributed by atoms with Crippen molar-refractivity contribution in [1.82, 2.24) is 10.6 Å². The van der Waals surface area contributed by atoms with E-state index in [0.717, 1.165) is 10.4 Å². The Morgan fingerprint density at radius 2 is 1.68 bits per heavy atom. The fourth-order valence-electron chi connectivity index (χ4n) is 5.49. The van der Waals surface area contributed by atoms with Crippen LogP contribution in [0.4, 0.5) is 26.3 Å². The van der Waals surface area contributed by atoms with E-state index >= 15 is 0 Å². The van der Waals surface area contributed by atoms with Crippen molar-refractivity contribution in [1.29, 1.82) is 0 Å². The van der Waals surface area contributed by atoms with Crippen LogP contribution in [0.2, 0.25) is 0 Å². The van der Waals surface area contributed by atoms with Gasteiger partial charge in [-0.05, 0) is 53.6 Å². The Labute approximate surface area is 219 Å². The lowest BCUT2D eigenvalue weighted by Gasteiger charge is -2.36. The number of rotatable bonds is 7. The molecule has 2 aliphatic heterocycles. The number of thiophene rings is 1. The Bertz CT molecular complexity index is 1250. The molecule has 2 aromatic carbocycles. The summed E-state index contributed by atoms with van der Waals surface area (Å²) >= 11 is 1.54. The molecule has 0 saturated carbocycles. The van der Waals surface area contributed by atoms with Gasteiger partial charge in [-0.15, -0.1) is 11.3 Å². The van der Waals surface area contributed by atoms with Gasteiger partial charge in [0.1, 0.15) is 0 Å². The van der Waals surface area contributed by atoms with Crippen LogP contribution in [0.25, 0.3) is 0 Å². The van der Waals surface area contributed by atoms with Crippen LogP contribution in [0, 0.1) is 5.92 Å². The van der Waals surface area contributed by atoms with Crippen molar-refractivity contribution < 1.29 is 35.9 Å². The molecule has 4 atom stereocenters. The minimum absolute atomic E-state index is 0.105. The van der Waals surface area contributed by atoms with E-state index in [1.807, 2.05) is 47.8 Å². The van der Waals surface area contributed by atoms with E-state index in [4.69, 9.17) is 4.74 Å². The van der Waals surface area contributed by atoms with Crippen molar-refractivity contribution in [2.45, 2.75) is 56.0 Å². The van der Waals surface area contributed by atoms with Crippen molar-refractivity contribution in [2.75, 3.05) is 0 Å². The molecule has 2 bridgehead atoms. The van der Waals surface area contributed by atoms with Gasteiger partial charge >= 0.3 is 12.4 Å². The highest BCUT2D eigenvalue weighted by Crippen LogP contribution is 2.50. The highest BCUT2D eigenvalue weighted by molar-refractivity contribution is 7.09. The van der Waals surface area contributed by atoms with Crippen molar-refractivity contribution in [3.05, 3.63) is 93.2 Å². The summed E-state index contributed by atoms with van der Waals surface area (Å²) in [6.45, 7) is -0.0229. The SMILES string of the molecule is O=C(NCc1cccs1)C1CC2(c3ccccc3)NC1CC2OCc1cc(C(F)(F)F)cc(C(F)(F)F)c1. The van der Waals surface area contributed by atoms with E-state index in [9.17, 15) is 31.1 Å². The molecule has 3 aromatic rings. The molecule has 202 valence electrons. The first-order chi connectivity index (χ1) is 18.0. The number of hydrogen-bond donors (Lipinski definition) is 2. The molecule has 11 heteroatoms. The van der Waals surface area contributed by atoms with E-state index in [2.05, 4.69) is 10.6 Å². The van der Waals surface area contributed by atoms with Gasteiger partial charge in [-0.2, -0.15) is 26.3 Å². The summed E-state index contributed by atoms with van der Waals surface area (Å²) in [5.41, 5.74) is -2.93. The second-order valence-corrected chi connectivity index (χ2v) is 10.7. The first-order valence-corrected chi connectivity index (χ1v) is 12.9. The number of benzene rings is 2. The van der Waals surface area contributed by atoms with E-state index in [1.54, 1.807) is 0 Å². The lowest BCUT2D eigenvalue weighted by Crippen LogP contribution is -2.45. The quantitative estimate of drug-likeness (QED) is 0.339. The highest BCUT2D eigenvalue weighted by atomic mass is 32.1. The fraction of sp³-hybridized carbons (Fsp3) is 0.370. The molecule has 0 radical (unpaired) electrons. The summed E-state index contributed by atoms with van der Waals surface area (Å²) in [5.74, 6) is -0.472. The van der Waals surface area contributed by atoms with Crippen LogP contribution in [0.5, 0.6) is 0 Å². The monoisotopic (exact) mass is 554 g/mol. The second-order valence-electron chi connectivity index (χ2n) is 9.65. The third kappa shape index (κ3) is 5.32. The Kier molecular flexibility index (Phi) is 7.04. The number of ether oxygens (including phenoxy) is 1. The second kappa shape index (κ2) is 10.0. The van der Waals surface area contributed by atoms with Gasteiger partial charge in [0.2, 0.25) is 5.91 Å². The van der Waals surface area contributed by atoms with E-state index in [-0.39, 0.29) is 29.5 Å². The molecule has 0 spiro atoms. The fourth-order valence-corrected chi connectivity index (χ4v) is 6.13. The number of halogens is 6. The van der Waals surface area contributed by atoms with Crippen molar-refractivity contribution in [3.8, 4) is 0 Å². The third-order valence-electron chi connectivity index (χ3n) is 7.23. The Hall–Kier alpha value is -2.89. The van der Waals surface area contributed by atoms with Crippen LogP contribution in [0.15, 0.2) is 66.0 Å². The zero-order chi connectivity index (χ0) is 27.1. The van der Waals surface area contributed by atoms with Crippen LogP contribution >= 0.6 is 11.3 Å². The van der Waals surface area contributed by atoms with Crippen LogP contribution in [-0.2, 0) is 40.6 Å². The lowest BCUT2D eigenvalue weighted by atomic mass is 9.74. The number of nitrogens with one attached hydrogen (secondary N) is 2. The smallest absolute Gasteiger partial charge is 0.371 e. The Morgan fingerprint density at radius 3 is 2.29 bits per heavy atom. The number of carbonyl (C=O) groups excluding carboxylic acids is 1. The number of amides is 1. The maximum atomic E-state index is 13.3. The normalized spacial score (nSPS) is 25.1. The molecule has 2 N–H and O–H groups in total. The maximum Gasteiger partial charge on any atom is 0.416 e. The van der Waals surface area contributed by atoms with Crippen molar-refractivity contribution in [2.24, 2.45) is 5.92 Å². The standard InChI is InChI=1S/C27H24F6N2O2S/c28-26(29,30)18-9-16(10-19(11-18)27(31,32)33)15-37-23-12-22-21(24(36)34-14-20-7-4-8-38-20)13-25(23,35-22)17-5-2-1-3-6-17/h1-11,21-23,35H,12-15H2,(H,34,36). The van der Waals surface area contributed by atoms with Gasteiger partial charge in [0.15, 0.2) is 0 Å². The number of carbonyl (C=O) groups is 1. The average Bonchev–Trinajstić information content (AvgIpc) is 3.61. The van der Waals surface area contributed by atoms with Gasteiger partial charge in [-0.3, -0.25) is 4.79 Å². The predicted molar refractivity (Wildman–Crippen MR) is 129 cm³/mol. The van der Waals surface area contributed by atoms with Crippen LogP contribution in [-0.4, -0.2) is 18.1 Å². The van der Waals surface area contributed by atoms with Gasteiger partial charge in [-0.1, -0.05) is 36.4 Å². The summed E-state index contributed by atoms with van der Waals surface area (Å²) in [6.07, 6.45) is -9.64. The van der Waals surface area contributed by atoms with Crippen LogP contribution in [0.3, 0.4) is 0 Å². The molecule has 0 aliphatic carbocycles. The summed E-state index contributed by atoms with van der Waals surface area (Å²) in [7, 11) is 0. The van der Waals surface area contributed by atoms with Gasteiger partial charge < -0.3 is 15.4 Å². The Balaban J connectivity index is 1.36.